The molecular formula is C20H19ClN4O3. The second-order valence-corrected chi connectivity index (χ2v) is 6.15. The van der Waals surface area contributed by atoms with Crippen molar-refractivity contribution in [2.75, 3.05) is 30.9 Å². The number of nitrogens with one attached hydrogen (secondary N) is 2. The first-order chi connectivity index (χ1) is 13.6. The normalized spacial score (nSPS) is 10.2. The van der Waals surface area contributed by atoms with E-state index in [2.05, 4.69) is 20.8 Å². The lowest BCUT2D eigenvalue weighted by Gasteiger charge is -2.09. The number of ether oxygens (including phenoxy) is 2. The number of hydrogen-bond acceptors (Lipinski definition) is 6. The van der Waals surface area contributed by atoms with E-state index in [1.807, 2.05) is 24.3 Å². The Hall–Kier alpha value is -3.32. The topological polar surface area (TPSA) is 85.4 Å². The van der Waals surface area contributed by atoms with E-state index in [9.17, 15) is 4.79 Å². The maximum Gasteiger partial charge on any atom is 0.276 e. The summed E-state index contributed by atoms with van der Waals surface area (Å²) in [6.07, 6.45) is 0. The third kappa shape index (κ3) is 5.59. The molecule has 0 bridgehead atoms. The predicted molar refractivity (Wildman–Crippen MR) is 108 cm³/mol. The summed E-state index contributed by atoms with van der Waals surface area (Å²) in [7, 11) is 1.62. The van der Waals surface area contributed by atoms with Crippen LogP contribution in [0.4, 0.5) is 11.5 Å². The van der Waals surface area contributed by atoms with E-state index >= 15 is 0 Å². The van der Waals surface area contributed by atoms with Crippen molar-refractivity contribution in [3.8, 4) is 11.5 Å². The van der Waals surface area contributed by atoms with E-state index in [4.69, 9.17) is 21.1 Å². The molecule has 2 N–H and O–H groups in total. The monoisotopic (exact) mass is 398 g/mol. The smallest absolute Gasteiger partial charge is 0.276 e. The van der Waals surface area contributed by atoms with Crippen LogP contribution < -0.4 is 20.1 Å². The van der Waals surface area contributed by atoms with Gasteiger partial charge in [-0.3, -0.25) is 4.79 Å². The molecule has 1 amide bonds. The van der Waals surface area contributed by atoms with E-state index in [1.54, 1.807) is 43.5 Å². The molecule has 3 rings (SSSR count). The van der Waals surface area contributed by atoms with Gasteiger partial charge in [0.2, 0.25) is 0 Å². The third-order valence-corrected chi connectivity index (χ3v) is 3.99. The van der Waals surface area contributed by atoms with Crippen LogP contribution in [-0.2, 0) is 0 Å². The molecule has 0 aliphatic heterocycles. The standard InChI is InChI=1S/C20H19ClN4O3/c1-27-16-6-8-17(9-7-16)28-13-12-22-19-11-10-18(24-25-19)20(26)23-15-4-2-14(21)3-5-15/h2-11H,12-13H2,1H3,(H,22,25)(H,23,26). The van der Waals surface area contributed by atoms with E-state index in [0.29, 0.717) is 29.7 Å². The first-order valence-electron chi connectivity index (χ1n) is 8.55. The maximum atomic E-state index is 12.2. The van der Waals surface area contributed by atoms with Gasteiger partial charge in [0.05, 0.1) is 13.7 Å². The third-order valence-electron chi connectivity index (χ3n) is 3.74. The molecule has 0 aliphatic rings. The summed E-state index contributed by atoms with van der Waals surface area (Å²) >= 11 is 5.83. The van der Waals surface area contributed by atoms with Crippen LogP contribution in [-0.4, -0.2) is 36.4 Å². The molecule has 0 atom stereocenters. The summed E-state index contributed by atoms with van der Waals surface area (Å²) in [5.74, 6) is 1.74. The Labute approximate surface area is 167 Å². The number of benzene rings is 2. The van der Waals surface area contributed by atoms with Crippen molar-refractivity contribution in [1.29, 1.82) is 0 Å². The Morgan fingerprint density at radius 3 is 2.32 bits per heavy atom. The van der Waals surface area contributed by atoms with Crippen molar-refractivity contribution in [2.45, 2.75) is 0 Å². The molecule has 28 heavy (non-hydrogen) atoms. The fraction of sp³-hybridized carbons (Fsp3) is 0.150. The predicted octanol–water partition coefficient (Wildman–Crippen LogP) is 3.88. The number of nitrogens with zero attached hydrogens (tertiary/aromatic N) is 2. The number of carbonyl (C=O) groups is 1. The Bertz CT molecular complexity index is 900. The lowest BCUT2D eigenvalue weighted by molar-refractivity contribution is 0.102. The molecule has 3 aromatic rings. The van der Waals surface area contributed by atoms with Crippen LogP contribution in [0.5, 0.6) is 11.5 Å². The lowest BCUT2D eigenvalue weighted by Crippen LogP contribution is -2.16. The quantitative estimate of drug-likeness (QED) is 0.560. The number of carbonyl (C=O) groups excluding carboxylic acids is 1. The molecule has 0 radical (unpaired) electrons. The highest BCUT2D eigenvalue weighted by atomic mass is 35.5. The van der Waals surface area contributed by atoms with E-state index in [-0.39, 0.29) is 11.6 Å². The summed E-state index contributed by atoms with van der Waals surface area (Å²) in [6, 6.07) is 17.5. The number of hydrogen-bond donors (Lipinski definition) is 2. The second kappa shape index (κ2) is 9.57. The number of amides is 1. The molecule has 8 heteroatoms. The SMILES string of the molecule is COc1ccc(OCCNc2ccc(C(=O)Nc3ccc(Cl)cc3)nn2)cc1. The minimum Gasteiger partial charge on any atom is -0.497 e. The Kier molecular flexibility index (Phi) is 6.64. The van der Waals surface area contributed by atoms with E-state index in [0.717, 1.165) is 11.5 Å². The largest absolute Gasteiger partial charge is 0.497 e. The number of anilines is 2. The fourth-order valence-corrected chi connectivity index (χ4v) is 2.42. The van der Waals surface area contributed by atoms with Crippen LogP contribution in [0.15, 0.2) is 60.7 Å². The molecular weight excluding hydrogens is 380 g/mol. The van der Waals surface area contributed by atoms with Crippen molar-refractivity contribution in [1.82, 2.24) is 10.2 Å². The van der Waals surface area contributed by atoms with Gasteiger partial charge >= 0.3 is 0 Å². The van der Waals surface area contributed by atoms with Crippen LogP contribution in [0.25, 0.3) is 0 Å². The molecule has 0 aliphatic carbocycles. The number of rotatable bonds is 8. The van der Waals surface area contributed by atoms with Crippen LogP contribution >= 0.6 is 11.6 Å². The Balaban J connectivity index is 1.44. The molecule has 1 heterocycles. The van der Waals surface area contributed by atoms with Gasteiger partial charge in [0.15, 0.2) is 5.69 Å². The average molecular weight is 399 g/mol. The maximum absolute atomic E-state index is 12.2. The van der Waals surface area contributed by atoms with Gasteiger partial charge < -0.3 is 20.1 Å². The van der Waals surface area contributed by atoms with Gasteiger partial charge in [-0.15, -0.1) is 10.2 Å². The van der Waals surface area contributed by atoms with Crippen molar-refractivity contribution < 1.29 is 14.3 Å². The highest BCUT2D eigenvalue weighted by molar-refractivity contribution is 6.30. The van der Waals surface area contributed by atoms with Crippen molar-refractivity contribution in [3.63, 3.8) is 0 Å². The molecule has 0 saturated heterocycles. The second-order valence-electron chi connectivity index (χ2n) is 5.72. The van der Waals surface area contributed by atoms with Gasteiger partial charge in [0, 0.05) is 10.7 Å². The van der Waals surface area contributed by atoms with Crippen molar-refractivity contribution >= 4 is 29.0 Å². The highest BCUT2D eigenvalue weighted by Crippen LogP contribution is 2.17. The number of aromatic nitrogens is 2. The zero-order valence-corrected chi connectivity index (χ0v) is 15.9. The first kappa shape index (κ1) is 19.4. The van der Waals surface area contributed by atoms with E-state index in [1.165, 1.54) is 0 Å². The fourth-order valence-electron chi connectivity index (χ4n) is 2.30. The summed E-state index contributed by atoms with van der Waals surface area (Å²) < 4.78 is 10.7. The molecule has 0 spiro atoms. The Morgan fingerprint density at radius 1 is 0.964 bits per heavy atom. The van der Waals surface area contributed by atoms with Gasteiger partial charge in [-0.1, -0.05) is 11.6 Å². The minimum absolute atomic E-state index is 0.218. The first-order valence-corrected chi connectivity index (χ1v) is 8.93. The van der Waals surface area contributed by atoms with Crippen LogP contribution in [0, 0.1) is 0 Å². The van der Waals surface area contributed by atoms with Gasteiger partial charge in [0.25, 0.3) is 5.91 Å². The Morgan fingerprint density at radius 2 is 1.68 bits per heavy atom. The minimum atomic E-state index is -0.343. The molecule has 2 aromatic carbocycles. The summed E-state index contributed by atoms with van der Waals surface area (Å²) in [5.41, 5.74) is 0.851. The zero-order valence-electron chi connectivity index (χ0n) is 15.2. The van der Waals surface area contributed by atoms with Crippen molar-refractivity contribution in [2.24, 2.45) is 0 Å². The van der Waals surface area contributed by atoms with E-state index < -0.39 is 0 Å². The molecule has 0 saturated carbocycles. The summed E-state index contributed by atoms with van der Waals surface area (Å²) in [6.45, 7) is 0.990. The van der Waals surface area contributed by atoms with Crippen LogP contribution in [0.1, 0.15) is 10.5 Å². The summed E-state index contributed by atoms with van der Waals surface area (Å²) in [5, 5.41) is 14.4. The van der Waals surface area contributed by atoms with Crippen molar-refractivity contribution in [3.05, 3.63) is 71.4 Å². The van der Waals surface area contributed by atoms with Gasteiger partial charge in [-0.05, 0) is 60.7 Å². The lowest BCUT2D eigenvalue weighted by atomic mass is 10.3. The number of methoxy groups -OCH3 is 1. The highest BCUT2D eigenvalue weighted by Gasteiger charge is 2.08. The molecule has 0 unspecified atom stereocenters. The van der Waals surface area contributed by atoms with Crippen LogP contribution in [0.2, 0.25) is 5.02 Å². The van der Waals surface area contributed by atoms with Gasteiger partial charge in [0.1, 0.15) is 23.9 Å². The molecule has 0 fully saturated rings. The van der Waals surface area contributed by atoms with Crippen LogP contribution in [0.3, 0.4) is 0 Å². The van der Waals surface area contributed by atoms with Gasteiger partial charge in [-0.25, -0.2) is 0 Å². The number of halogens is 1. The molecule has 144 valence electrons. The molecule has 7 nitrogen and oxygen atoms in total. The zero-order chi connectivity index (χ0) is 19.8. The van der Waals surface area contributed by atoms with Gasteiger partial charge in [-0.2, -0.15) is 0 Å². The molecule has 1 aromatic heterocycles. The average Bonchev–Trinajstić information content (AvgIpc) is 2.73. The summed E-state index contributed by atoms with van der Waals surface area (Å²) in [4.78, 5) is 12.2.